The van der Waals surface area contributed by atoms with E-state index in [1.165, 1.54) is 105 Å². The van der Waals surface area contributed by atoms with Gasteiger partial charge < -0.3 is 0 Å². The second kappa shape index (κ2) is 16.1. The maximum Gasteiger partial charge on any atom is -0.00910 e. The van der Waals surface area contributed by atoms with Crippen LogP contribution in [0.15, 0.2) is 0 Å². The highest BCUT2D eigenvalue weighted by molar-refractivity contribution is 7.41. The van der Waals surface area contributed by atoms with E-state index in [1.807, 2.05) is 0 Å². The Hall–Kier alpha value is 0.430. The van der Waals surface area contributed by atoms with E-state index in [9.17, 15) is 0 Å². The zero-order chi connectivity index (χ0) is 20.6. The number of hydrogen-bond acceptors (Lipinski definition) is 0. The van der Waals surface area contributed by atoms with Crippen LogP contribution in [-0.2, 0) is 0 Å². The molecule has 4 atom stereocenters. The molecule has 29 heavy (non-hydrogen) atoms. The Morgan fingerprint density at radius 3 is 1.69 bits per heavy atom. The highest BCUT2D eigenvalue weighted by Gasteiger charge is 2.44. The lowest BCUT2D eigenvalue weighted by molar-refractivity contribution is 0.276. The quantitative estimate of drug-likeness (QED) is 0.152. The average Bonchev–Trinajstić information content (AvgIpc) is 3.02. The van der Waals surface area contributed by atoms with Crippen LogP contribution in [0.5, 0.6) is 0 Å². The van der Waals surface area contributed by atoms with E-state index in [1.54, 1.807) is 51.4 Å². The molecular formula is C28H55P. The smallest absolute Gasteiger partial charge is 0.00910 e. The first kappa shape index (κ1) is 25.7. The number of unbranched alkanes of at least 4 members (excludes halogenated alkanes) is 13. The zero-order valence-corrected chi connectivity index (χ0v) is 21.4. The molecule has 2 aliphatic heterocycles. The van der Waals surface area contributed by atoms with Gasteiger partial charge in [0.2, 0.25) is 0 Å². The molecule has 0 radical (unpaired) electrons. The summed E-state index contributed by atoms with van der Waals surface area (Å²) in [5, 5.41) is 0.810. The summed E-state index contributed by atoms with van der Waals surface area (Å²) in [5.41, 5.74) is 1.13. The highest BCUT2D eigenvalue weighted by Crippen LogP contribution is 2.60. The summed E-state index contributed by atoms with van der Waals surface area (Å²) in [6.07, 6.45) is 34.8. The Kier molecular flexibility index (Phi) is 14.3. The van der Waals surface area contributed by atoms with Crippen LogP contribution in [-0.4, -0.2) is 10.8 Å². The molecule has 0 amide bonds. The monoisotopic (exact) mass is 422 g/mol. The van der Waals surface area contributed by atoms with Gasteiger partial charge in [-0.3, -0.25) is 0 Å². The van der Waals surface area contributed by atoms with E-state index in [4.69, 9.17) is 0 Å². The van der Waals surface area contributed by atoms with E-state index in [2.05, 4.69) is 13.8 Å². The lowest BCUT2D eigenvalue weighted by Crippen LogP contribution is -2.31. The summed E-state index contributed by atoms with van der Waals surface area (Å²) in [6.45, 7) is 4.66. The van der Waals surface area contributed by atoms with Crippen molar-refractivity contribution in [2.45, 2.75) is 172 Å². The van der Waals surface area contributed by atoms with Gasteiger partial charge in [-0.2, -0.15) is 0 Å². The van der Waals surface area contributed by atoms with Crippen LogP contribution in [0.4, 0.5) is 0 Å². The van der Waals surface area contributed by atoms with Gasteiger partial charge >= 0.3 is 0 Å². The van der Waals surface area contributed by atoms with Crippen molar-refractivity contribution < 1.29 is 0 Å². The molecule has 0 nitrogen and oxygen atoms in total. The highest BCUT2D eigenvalue weighted by atomic mass is 31.1. The third kappa shape index (κ3) is 10.1. The molecule has 2 saturated heterocycles. The average molecular weight is 423 g/mol. The topological polar surface area (TPSA) is 0 Å². The third-order valence-electron chi connectivity index (χ3n) is 8.20. The molecule has 1 heteroatoms. The van der Waals surface area contributed by atoms with Gasteiger partial charge in [0.1, 0.15) is 0 Å². The summed E-state index contributed by atoms with van der Waals surface area (Å²) >= 11 is 0. The Bertz CT molecular complexity index is 379. The Morgan fingerprint density at radius 2 is 1.14 bits per heavy atom. The van der Waals surface area contributed by atoms with E-state index < -0.39 is 0 Å². The zero-order valence-electron chi connectivity index (χ0n) is 20.4. The first-order chi connectivity index (χ1) is 14.3. The fraction of sp³-hybridized carbons (Fsp3) is 1.00. The van der Waals surface area contributed by atoms with E-state index in [-0.39, 0.29) is 0 Å². The summed E-state index contributed by atoms with van der Waals surface area (Å²) in [5.74, 6) is 1.08. The maximum absolute atomic E-state index is 2.34. The van der Waals surface area contributed by atoms with Crippen molar-refractivity contribution in [2.24, 2.45) is 5.92 Å². The lowest BCUT2D eigenvalue weighted by Gasteiger charge is -2.38. The molecule has 172 valence electrons. The van der Waals surface area contributed by atoms with Crippen molar-refractivity contribution in [3.63, 3.8) is 0 Å². The van der Waals surface area contributed by atoms with Gasteiger partial charge in [0.25, 0.3) is 0 Å². The minimum absolute atomic E-state index is 0.810. The van der Waals surface area contributed by atoms with Gasteiger partial charge in [-0.05, 0) is 55.3 Å². The van der Waals surface area contributed by atoms with Crippen molar-refractivity contribution in [1.82, 2.24) is 0 Å². The van der Waals surface area contributed by atoms with Crippen LogP contribution in [0.25, 0.3) is 0 Å². The van der Waals surface area contributed by atoms with Crippen LogP contribution in [0, 0.1) is 5.92 Å². The van der Waals surface area contributed by atoms with E-state index in [0.717, 1.165) is 16.7 Å². The largest absolute Gasteiger partial charge is 0.112 e. The summed E-state index contributed by atoms with van der Waals surface area (Å²) in [4.78, 5) is 0. The molecule has 2 fully saturated rings. The van der Waals surface area contributed by atoms with Crippen molar-refractivity contribution >= 4 is 8.58 Å². The lowest BCUT2D eigenvalue weighted by atomic mass is 9.76. The number of rotatable bonds is 18. The summed E-state index contributed by atoms with van der Waals surface area (Å²) < 4.78 is 0. The SMILES string of the molecule is CCCCCCCCCCCC(CCCCCCCC)C12CCCCC(CC1)P2. The van der Waals surface area contributed by atoms with Crippen LogP contribution < -0.4 is 0 Å². The summed E-state index contributed by atoms with van der Waals surface area (Å²) in [7, 11) is 1.33. The minimum Gasteiger partial charge on any atom is -0.112 e. The van der Waals surface area contributed by atoms with Crippen molar-refractivity contribution in [3.05, 3.63) is 0 Å². The van der Waals surface area contributed by atoms with Crippen molar-refractivity contribution in [2.75, 3.05) is 0 Å². The van der Waals surface area contributed by atoms with Crippen molar-refractivity contribution in [3.8, 4) is 0 Å². The van der Waals surface area contributed by atoms with Gasteiger partial charge in [0, 0.05) is 0 Å². The molecule has 0 aromatic carbocycles. The molecule has 2 heterocycles. The summed E-state index contributed by atoms with van der Waals surface area (Å²) in [6, 6.07) is 0. The minimum atomic E-state index is 0.810. The molecule has 0 aromatic rings. The van der Waals surface area contributed by atoms with Crippen LogP contribution >= 0.6 is 8.58 Å². The fourth-order valence-corrected chi connectivity index (χ4v) is 8.91. The third-order valence-corrected chi connectivity index (χ3v) is 10.7. The molecule has 4 unspecified atom stereocenters. The predicted molar refractivity (Wildman–Crippen MR) is 136 cm³/mol. The first-order valence-corrected chi connectivity index (χ1v) is 15.2. The van der Waals surface area contributed by atoms with Gasteiger partial charge in [0.05, 0.1) is 0 Å². The number of hydrogen-bond donors (Lipinski definition) is 0. The molecule has 0 aromatic heterocycles. The molecule has 2 bridgehead atoms. The Morgan fingerprint density at radius 1 is 0.621 bits per heavy atom. The molecular weight excluding hydrogens is 367 g/mol. The normalized spacial score (nSPS) is 26.1. The van der Waals surface area contributed by atoms with Crippen molar-refractivity contribution in [1.29, 1.82) is 0 Å². The van der Waals surface area contributed by atoms with Crippen LogP contribution in [0.2, 0.25) is 0 Å². The maximum atomic E-state index is 2.34. The second-order valence-electron chi connectivity index (χ2n) is 10.7. The van der Waals surface area contributed by atoms with Gasteiger partial charge in [-0.25, -0.2) is 0 Å². The predicted octanol–water partition coefficient (Wildman–Crippen LogP) is 10.4. The van der Waals surface area contributed by atoms with Gasteiger partial charge in [-0.1, -0.05) is 123 Å². The van der Waals surface area contributed by atoms with Crippen LogP contribution in [0.3, 0.4) is 0 Å². The molecule has 0 spiro atoms. The van der Waals surface area contributed by atoms with Gasteiger partial charge in [-0.15, -0.1) is 8.58 Å². The molecule has 0 aliphatic carbocycles. The van der Waals surface area contributed by atoms with Crippen LogP contribution in [0.1, 0.15) is 162 Å². The molecule has 0 N–H and O–H groups in total. The molecule has 0 saturated carbocycles. The molecule has 2 rings (SSSR count). The fourth-order valence-electron chi connectivity index (χ4n) is 6.32. The Labute approximate surface area is 186 Å². The standard InChI is InChI=1S/C28H55P/c1-3-5-7-9-11-12-13-15-17-21-26(20-16-14-10-8-6-4-2)28-24-19-18-22-27(29-28)23-25-28/h26-27,29H,3-25H2,1-2H3. The van der Waals surface area contributed by atoms with E-state index in [0.29, 0.717) is 0 Å². The number of fused-ring (bicyclic) bond motifs is 2. The Balaban J connectivity index is 1.70. The first-order valence-electron chi connectivity index (χ1n) is 14.1. The van der Waals surface area contributed by atoms with E-state index >= 15 is 0 Å². The van der Waals surface area contributed by atoms with Gasteiger partial charge in [0.15, 0.2) is 0 Å². The second-order valence-corrected chi connectivity index (χ2v) is 12.8. The molecule has 2 aliphatic rings.